The summed E-state index contributed by atoms with van der Waals surface area (Å²) >= 11 is 0.676. The summed E-state index contributed by atoms with van der Waals surface area (Å²) in [5.41, 5.74) is 0.211. The average molecular weight is 285 g/mol. The normalized spacial score (nSPS) is 11.1. The number of carbonyl (C=O) groups is 1. The molecule has 0 saturated carbocycles. The second kappa shape index (κ2) is 4.70. The van der Waals surface area contributed by atoms with Crippen LogP contribution in [-0.4, -0.2) is 29.5 Å². The molecule has 2 N–H and O–H groups in total. The minimum atomic E-state index is -3.80. The molecule has 7 nitrogen and oxygen atoms in total. The third kappa shape index (κ3) is 2.63. The van der Waals surface area contributed by atoms with Crippen LogP contribution in [0, 0.1) is 0 Å². The van der Waals surface area contributed by atoms with Gasteiger partial charge in [0.25, 0.3) is 10.0 Å². The van der Waals surface area contributed by atoms with Crippen LogP contribution in [0.15, 0.2) is 35.1 Å². The third-order valence-corrected chi connectivity index (χ3v) is 4.82. The zero-order valence-electron chi connectivity index (χ0n) is 8.77. The Morgan fingerprint density at radius 3 is 2.50 bits per heavy atom. The Labute approximate surface area is 106 Å². The first-order chi connectivity index (χ1) is 8.49. The predicted molar refractivity (Wildman–Crippen MR) is 64.1 cm³/mol. The van der Waals surface area contributed by atoms with Gasteiger partial charge in [-0.05, 0) is 12.1 Å². The number of nitrogens with one attached hydrogen (secondary N) is 1. The van der Waals surface area contributed by atoms with Crippen molar-refractivity contribution < 1.29 is 18.3 Å². The van der Waals surface area contributed by atoms with Crippen molar-refractivity contribution in [2.45, 2.75) is 4.21 Å². The summed E-state index contributed by atoms with van der Waals surface area (Å²) in [6, 6.07) is 2.48. The number of rotatable bonds is 4. The lowest BCUT2D eigenvalue weighted by Gasteiger charge is -2.04. The quantitative estimate of drug-likeness (QED) is 0.868. The van der Waals surface area contributed by atoms with Crippen molar-refractivity contribution in [3.05, 3.63) is 35.7 Å². The van der Waals surface area contributed by atoms with Gasteiger partial charge in [-0.1, -0.05) is 0 Å². The molecule has 2 aromatic rings. The highest BCUT2D eigenvalue weighted by Gasteiger charge is 2.19. The van der Waals surface area contributed by atoms with E-state index in [1.54, 1.807) is 0 Å². The third-order valence-electron chi connectivity index (χ3n) is 1.87. The molecule has 2 rings (SSSR count). The van der Waals surface area contributed by atoms with Gasteiger partial charge in [0.1, 0.15) is 15.4 Å². The standard InChI is InChI=1S/C9H7N3O4S2/c13-9(14)7-1-2-8(17-7)18(15,16)12-6-3-10-5-11-4-6/h1-5,12H,(H,13,14). The van der Waals surface area contributed by atoms with E-state index in [-0.39, 0.29) is 14.8 Å². The second-order valence-corrected chi connectivity index (χ2v) is 6.15. The Hall–Kier alpha value is -2.00. The molecule has 0 amide bonds. The Kier molecular flexibility index (Phi) is 3.26. The molecule has 18 heavy (non-hydrogen) atoms. The molecule has 0 bridgehead atoms. The van der Waals surface area contributed by atoms with E-state index in [0.29, 0.717) is 11.3 Å². The summed E-state index contributed by atoms with van der Waals surface area (Å²) in [6.45, 7) is 0. The van der Waals surface area contributed by atoms with Crippen LogP contribution in [0.1, 0.15) is 9.67 Å². The van der Waals surface area contributed by atoms with Crippen molar-refractivity contribution in [2.24, 2.45) is 0 Å². The fraction of sp³-hybridized carbons (Fsp3) is 0. The van der Waals surface area contributed by atoms with Crippen molar-refractivity contribution in [1.29, 1.82) is 0 Å². The summed E-state index contributed by atoms with van der Waals surface area (Å²) in [7, 11) is -3.80. The van der Waals surface area contributed by atoms with Gasteiger partial charge in [-0.25, -0.2) is 23.2 Å². The highest BCUT2D eigenvalue weighted by molar-refractivity contribution is 7.94. The molecule has 0 aliphatic heterocycles. The minimum absolute atomic E-state index is 0.0420. The largest absolute Gasteiger partial charge is 0.477 e. The highest BCUT2D eigenvalue weighted by Crippen LogP contribution is 2.23. The zero-order valence-corrected chi connectivity index (χ0v) is 10.4. The lowest BCUT2D eigenvalue weighted by Crippen LogP contribution is -2.11. The molecule has 0 radical (unpaired) electrons. The number of carboxylic acids is 1. The van der Waals surface area contributed by atoms with Crippen LogP contribution in [0.25, 0.3) is 0 Å². The molecule has 0 atom stereocenters. The Morgan fingerprint density at radius 1 is 1.28 bits per heavy atom. The smallest absolute Gasteiger partial charge is 0.345 e. The van der Waals surface area contributed by atoms with Gasteiger partial charge in [-0.2, -0.15) is 0 Å². The van der Waals surface area contributed by atoms with E-state index in [1.807, 2.05) is 0 Å². The van der Waals surface area contributed by atoms with Crippen LogP contribution in [0.3, 0.4) is 0 Å². The van der Waals surface area contributed by atoms with Crippen LogP contribution in [0.2, 0.25) is 0 Å². The van der Waals surface area contributed by atoms with Crippen LogP contribution < -0.4 is 4.72 Å². The lowest BCUT2D eigenvalue weighted by atomic mass is 10.5. The molecule has 0 spiro atoms. The molecule has 0 unspecified atom stereocenters. The van der Waals surface area contributed by atoms with Crippen molar-refractivity contribution in [3.63, 3.8) is 0 Å². The first kappa shape index (κ1) is 12.5. The number of aromatic carboxylic acids is 1. The molecule has 0 aromatic carbocycles. The second-order valence-electron chi connectivity index (χ2n) is 3.16. The molecule has 2 aromatic heterocycles. The molecular weight excluding hydrogens is 278 g/mol. The molecule has 0 aliphatic rings. The molecule has 0 aliphatic carbocycles. The van der Waals surface area contributed by atoms with Gasteiger partial charge in [0.05, 0.1) is 18.1 Å². The maximum absolute atomic E-state index is 11.9. The molecule has 94 valence electrons. The number of anilines is 1. The van der Waals surface area contributed by atoms with Gasteiger partial charge in [0.2, 0.25) is 0 Å². The van der Waals surface area contributed by atoms with Crippen molar-refractivity contribution in [1.82, 2.24) is 9.97 Å². The van der Waals surface area contributed by atoms with Crippen molar-refractivity contribution in [2.75, 3.05) is 4.72 Å². The topological polar surface area (TPSA) is 109 Å². The van der Waals surface area contributed by atoms with Gasteiger partial charge in [0, 0.05) is 0 Å². The summed E-state index contributed by atoms with van der Waals surface area (Å²) in [6.07, 6.45) is 3.87. The van der Waals surface area contributed by atoms with Gasteiger partial charge < -0.3 is 5.11 Å². The Balaban J connectivity index is 2.28. The maximum atomic E-state index is 11.9. The molecule has 0 fully saturated rings. The molecule has 2 heterocycles. The average Bonchev–Trinajstić information content (AvgIpc) is 2.79. The monoisotopic (exact) mass is 285 g/mol. The van der Waals surface area contributed by atoms with Crippen LogP contribution in [0.4, 0.5) is 5.69 Å². The summed E-state index contributed by atoms with van der Waals surface area (Å²) in [4.78, 5) is 18.0. The number of nitrogens with zero attached hydrogens (tertiary/aromatic N) is 2. The van der Waals surface area contributed by atoms with Gasteiger partial charge in [-0.15, -0.1) is 11.3 Å². The number of sulfonamides is 1. The number of aromatic nitrogens is 2. The fourth-order valence-electron chi connectivity index (χ4n) is 1.14. The van der Waals surface area contributed by atoms with E-state index in [4.69, 9.17) is 5.11 Å². The Bertz CT molecular complexity index is 666. The first-order valence-electron chi connectivity index (χ1n) is 4.60. The Morgan fingerprint density at radius 2 is 1.94 bits per heavy atom. The summed E-state index contributed by atoms with van der Waals surface area (Å²) < 4.78 is 25.9. The van der Waals surface area contributed by atoms with E-state index in [9.17, 15) is 13.2 Å². The highest BCUT2D eigenvalue weighted by atomic mass is 32.2. The number of thiophene rings is 1. The SMILES string of the molecule is O=C(O)c1ccc(S(=O)(=O)Nc2cncnc2)s1. The molecular formula is C9H7N3O4S2. The van der Waals surface area contributed by atoms with Crippen LogP contribution >= 0.6 is 11.3 Å². The van der Waals surface area contributed by atoms with Crippen LogP contribution in [0.5, 0.6) is 0 Å². The number of hydrogen-bond donors (Lipinski definition) is 2. The molecule has 9 heteroatoms. The van der Waals surface area contributed by atoms with E-state index in [0.717, 1.165) is 0 Å². The van der Waals surface area contributed by atoms with Gasteiger partial charge in [-0.3, -0.25) is 4.72 Å². The van der Waals surface area contributed by atoms with E-state index in [2.05, 4.69) is 14.7 Å². The van der Waals surface area contributed by atoms with Gasteiger partial charge >= 0.3 is 5.97 Å². The fourth-order valence-corrected chi connectivity index (χ4v) is 3.31. The molecule has 0 saturated heterocycles. The number of carboxylic acid groups (broad SMARTS) is 1. The first-order valence-corrected chi connectivity index (χ1v) is 6.90. The zero-order chi connectivity index (χ0) is 13.2. The van der Waals surface area contributed by atoms with Crippen molar-refractivity contribution >= 4 is 33.0 Å². The summed E-state index contributed by atoms with van der Waals surface area (Å²) in [5.74, 6) is -1.16. The minimum Gasteiger partial charge on any atom is -0.477 e. The van der Waals surface area contributed by atoms with E-state index in [1.165, 1.54) is 30.9 Å². The van der Waals surface area contributed by atoms with Crippen LogP contribution in [-0.2, 0) is 10.0 Å². The van der Waals surface area contributed by atoms with Crippen molar-refractivity contribution in [3.8, 4) is 0 Å². The summed E-state index contributed by atoms with van der Waals surface area (Å²) in [5, 5.41) is 8.73. The maximum Gasteiger partial charge on any atom is 0.345 e. The number of hydrogen-bond acceptors (Lipinski definition) is 6. The predicted octanol–water partition coefficient (Wildman–Crippen LogP) is 1.04. The lowest BCUT2D eigenvalue weighted by molar-refractivity contribution is 0.0702. The van der Waals surface area contributed by atoms with Gasteiger partial charge in [0.15, 0.2) is 0 Å². The van der Waals surface area contributed by atoms with E-state index >= 15 is 0 Å². The van der Waals surface area contributed by atoms with E-state index < -0.39 is 16.0 Å².